The van der Waals surface area contributed by atoms with Gasteiger partial charge >= 0.3 is 18.2 Å². The molecule has 0 aromatic heterocycles. The Bertz CT molecular complexity index is 995. The van der Waals surface area contributed by atoms with Crippen molar-refractivity contribution in [3.8, 4) is 11.1 Å². The Morgan fingerprint density at radius 1 is 1.06 bits per heavy atom. The number of rotatable bonds is 8. The number of nitrogens with one attached hydrogen (secondary N) is 1. The molecule has 0 saturated carbocycles. The fourth-order valence-electron chi connectivity index (χ4n) is 3.92. The molecule has 10 heteroatoms. The van der Waals surface area contributed by atoms with Gasteiger partial charge in [0.1, 0.15) is 13.2 Å². The van der Waals surface area contributed by atoms with Gasteiger partial charge in [-0.3, -0.25) is 9.59 Å². The predicted molar refractivity (Wildman–Crippen MR) is 113 cm³/mol. The molecule has 0 bridgehead atoms. The van der Waals surface area contributed by atoms with Gasteiger partial charge in [-0.1, -0.05) is 55.5 Å². The Balaban J connectivity index is 1.73. The summed E-state index contributed by atoms with van der Waals surface area (Å²) >= 11 is 0. The predicted octanol–water partition coefficient (Wildman–Crippen LogP) is 3.78. The molecule has 0 heterocycles. The summed E-state index contributed by atoms with van der Waals surface area (Å²) in [5.74, 6) is -3.38. The summed E-state index contributed by atoms with van der Waals surface area (Å²) in [5.41, 5.74) is 3.67. The topological polar surface area (TPSA) is 95.9 Å². The number of carboxylic acids is 1. The van der Waals surface area contributed by atoms with Crippen LogP contribution in [0.25, 0.3) is 11.1 Å². The number of ether oxygens (including phenoxy) is 1. The monoisotopic (exact) mass is 464 g/mol. The first kappa shape index (κ1) is 24.1. The molecular weight excluding hydrogens is 441 g/mol. The lowest BCUT2D eigenvalue weighted by molar-refractivity contribution is -0.176. The highest BCUT2D eigenvalue weighted by molar-refractivity contribution is 5.89. The molecular formula is C23H23F3N2O5. The van der Waals surface area contributed by atoms with Gasteiger partial charge in [-0.15, -0.1) is 0 Å². The van der Waals surface area contributed by atoms with Gasteiger partial charge < -0.3 is 20.1 Å². The molecule has 7 nitrogen and oxygen atoms in total. The Kier molecular flexibility index (Phi) is 7.25. The highest BCUT2D eigenvalue weighted by Crippen LogP contribution is 2.44. The molecule has 2 amide bonds. The molecule has 0 fully saturated rings. The number of fused-ring (bicyclic) bond motifs is 3. The quantitative estimate of drug-likeness (QED) is 0.620. The van der Waals surface area contributed by atoms with E-state index in [0.29, 0.717) is 4.90 Å². The summed E-state index contributed by atoms with van der Waals surface area (Å²) in [6.45, 7) is 0.242. The number of hydrogen-bond acceptors (Lipinski definition) is 4. The van der Waals surface area contributed by atoms with Crippen LogP contribution in [-0.4, -0.2) is 59.9 Å². The van der Waals surface area contributed by atoms with Crippen LogP contribution >= 0.6 is 0 Å². The number of benzene rings is 2. The van der Waals surface area contributed by atoms with Crippen molar-refractivity contribution in [1.82, 2.24) is 10.2 Å². The fraction of sp³-hybridized carbons (Fsp3) is 0.348. The molecule has 2 N–H and O–H groups in total. The van der Waals surface area contributed by atoms with Gasteiger partial charge in [-0.2, -0.15) is 13.2 Å². The van der Waals surface area contributed by atoms with Crippen molar-refractivity contribution < 1.29 is 37.4 Å². The number of carbonyl (C=O) groups is 3. The second kappa shape index (κ2) is 9.93. The Hall–Kier alpha value is -3.56. The number of amides is 2. The zero-order valence-corrected chi connectivity index (χ0v) is 17.8. The van der Waals surface area contributed by atoms with E-state index in [2.05, 4.69) is 0 Å². The average Bonchev–Trinajstić information content (AvgIpc) is 3.08. The van der Waals surface area contributed by atoms with Gasteiger partial charge in [0.15, 0.2) is 0 Å². The lowest BCUT2D eigenvalue weighted by atomic mass is 9.98. The SMILES string of the molecule is CCCN(CC(=O)O)C(=O)C(NC(=O)OCC1c2ccccc2-c2ccccc21)C(F)(F)F. The minimum Gasteiger partial charge on any atom is -0.480 e. The number of hydrogen-bond donors (Lipinski definition) is 2. The maximum atomic E-state index is 13.5. The third-order valence-corrected chi connectivity index (χ3v) is 5.31. The van der Waals surface area contributed by atoms with Crippen LogP contribution in [0.4, 0.5) is 18.0 Å². The van der Waals surface area contributed by atoms with Crippen LogP contribution in [-0.2, 0) is 14.3 Å². The number of carboxylic acid groups (broad SMARTS) is 1. The first-order valence-electron chi connectivity index (χ1n) is 10.3. The molecule has 1 aliphatic carbocycles. The van der Waals surface area contributed by atoms with E-state index in [1.807, 2.05) is 48.5 Å². The molecule has 0 spiro atoms. The number of alkyl carbamates (subject to hydrolysis) is 1. The maximum Gasteiger partial charge on any atom is 0.417 e. The molecule has 2 aromatic rings. The third-order valence-electron chi connectivity index (χ3n) is 5.31. The average molecular weight is 464 g/mol. The molecule has 1 unspecified atom stereocenters. The molecule has 1 aliphatic rings. The number of alkyl halides is 3. The van der Waals surface area contributed by atoms with Crippen molar-refractivity contribution >= 4 is 18.0 Å². The molecule has 2 aromatic carbocycles. The smallest absolute Gasteiger partial charge is 0.417 e. The van der Waals surface area contributed by atoms with Gasteiger partial charge in [0, 0.05) is 12.5 Å². The van der Waals surface area contributed by atoms with E-state index in [1.165, 1.54) is 0 Å². The molecule has 0 radical (unpaired) electrons. The van der Waals surface area contributed by atoms with Crippen LogP contribution in [0.2, 0.25) is 0 Å². The number of nitrogens with zero attached hydrogens (tertiary/aromatic N) is 1. The molecule has 0 saturated heterocycles. The van der Waals surface area contributed by atoms with E-state index >= 15 is 0 Å². The molecule has 3 rings (SSSR count). The van der Waals surface area contributed by atoms with Crippen molar-refractivity contribution in [1.29, 1.82) is 0 Å². The van der Waals surface area contributed by atoms with Crippen molar-refractivity contribution in [2.24, 2.45) is 0 Å². The van der Waals surface area contributed by atoms with E-state index in [9.17, 15) is 27.6 Å². The van der Waals surface area contributed by atoms with Crippen LogP contribution in [0.1, 0.15) is 30.4 Å². The van der Waals surface area contributed by atoms with Gasteiger partial charge in [-0.05, 0) is 28.7 Å². The summed E-state index contributed by atoms with van der Waals surface area (Å²) in [5, 5.41) is 10.5. The number of carbonyl (C=O) groups excluding carboxylic acids is 2. The van der Waals surface area contributed by atoms with Crippen LogP contribution in [0.3, 0.4) is 0 Å². The Morgan fingerprint density at radius 3 is 2.09 bits per heavy atom. The minimum atomic E-state index is -5.13. The van der Waals surface area contributed by atoms with E-state index < -0.39 is 36.7 Å². The molecule has 1 atom stereocenters. The molecule has 176 valence electrons. The van der Waals surface area contributed by atoms with E-state index in [-0.39, 0.29) is 25.5 Å². The fourth-order valence-corrected chi connectivity index (χ4v) is 3.92. The molecule has 33 heavy (non-hydrogen) atoms. The summed E-state index contributed by atoms with van der Waals surface area (Å²) in [7, 11) is 0. The summed E-state index contributed by atoms with van der Waals surface area (Å²) in [4.78, 5) is 36.2. The van der Waals surface area contributed by atoms with Gasteiger partial charge in [0.2, 0.25) is 6.04 Å². The summed E-state index contributed by atoms with van der Waals surface area (Å²) in [6.07, 6.45) is -6.30. The maximum absolute atomic E-state index is 13.5. The number of aliphatic carboxylic acids is 1. The summed E-state index contributed by atoms with van der Waals surface area (Å²) in [6, 6.07) is 12.0. The second-order valence-electron chi connectivity index (χ2n) is 7.60. The largest absolute Gasteiger partial charge is 0.480 e. The van der Waals surface area contributed by atoms with Crippen molar-refractivity contribution in [2.75, 3.05) is 19.7 Å². The normalized spacial score (nSPS) is 13.6. The van der Waals surface area contributed by atoms with Gasteiger partial charge in [0.25, 0.3) is 5.91 Å². The second-order valence-corrected chi connectivity index (χ2v) is 7.60. The summed E-state index contributed by atoms with van der Waals surface area (Å²) < 4.78 is 45.7. The Morgan fingerprint density at radius 2 is 1.61 bits per heavy atom. The lowest BCUT2D eigenvalue weighted by Crippen LogP contribution is -2.57. The molecule has 0 aliphatic heterocycles. The first-order valence-corrected chi connectivity index (χ1v) is 10.3. The van der Waals surface area contributed by atoms with Crippen LogP contribution in [0, 0.1) is 0 Å². The number of halogens is 3. The van der Waals surface area contributed by atoms with E-state index in [4.69, 9.17) is 9.84 Å². The van der Waals surface area contributed by atoms with Crippen LogP contribution in [0.5, 0.6) is 0 Å². The van der Waals surface area contributed by atoms with Crippen molar-refractivity contribution in [2.45, 2.75) is 31.5 Å². The highest BCUT2D eigenvalue weighted by atomic mass is 19.4. The lowest BCUT2D eigenvalue weighted by Gasteiger charge is -2.27. The van der Waals surface area contributed by atoms with Crippen molar-refractivity contribution in [3.05, 3.63) is 59.7 Å². The van der Waals surface area contributed by atoms with E-state index in [0.717, 1.165) is 22.3 Å². The van der Waals surface area contributed by atoms with Gasteiger partial charge in [0.05, 0.1) is 0 Å². The Labute approximate surface area is 188 Å². The van der Waals surface area contributed by atoms with Crippen LogP contribution in [0.15, 0.2) is 48.5 Å². The highest BCUT2D eigenvalue weighted by Gasteiger charge is 2.48. The third kappa shape index (κ3) is 5.44. The minimum absolute atomic E-state index is 0.204. The van der Waals surface area contributed by atoms with Crippen molar-refractivity contribution in [3.63, 3.8) is 0 Å². The zero-order valence-electron chi connectivity index (χ0n) is 17.8. The zero-order chi connectivity index (χ0) is 24.2. The first-order chi connectivity index (χ1) is 15.6. The van der Waals surface area contributed by atoms with Gasteiger partial charge in [-0.25, -0.2) is 4.79 Å². The van der Waals surface area contributed by atoms with Crippen LogP contribution < -0.4 is 5.32 Å². The standard InChI is InChI=1S/C23H23F3N2O5/c1-2-11-28(12-19(29)30)21(31)20(23(24,25)26)27-22(32)33-13-18-16-9-5-3-7-14(16)15-8-4-6-10-17(15)18/h3-10,18,20H,2,11-13H2,1H3,(H,27,32)(H,29,30). The van der Waals surface area contributed by atoms with E-state index in [1.54, 1.807) is 12.2 Å².